The molecule has 0 saturated heterocycles. The molecular formula is C12H13FN2O3. The van der Waals surface area contributed by atoms with Crippen molar-refractivity contribution in [3.63, 3.8) is 0 Å². The highest BCUT2D eigenvalue weighted by Crippen LogP contribution is 2.15. The molecule has 5 nitrogen and oxygen atoms in total. The average molecular weight is 252 g/mol. The highest BCUT2D eigenvalue weighted by molar-refractivity contribution is 5.96. The fourth-order valence-corrected chi connectivity index (χ4v) is 1.29. The third kappa shape index (κ3) is 3.39. The van der Waals surface area contributed by atoms with Gasteiger partial charge in [-0.3, -0.25) is 4.79 Å². The number of carbonyl (C=O) groups is 2. The zero-order chi connectivity index (χ0) is 13.7. The molecule has 1 amide bonds. The number of hydrogen-bond donors (Lipinski definition) is 3. The molecule has 1 rings (SSSR count). The molecule has 0 spiro atoms. The largest absolute Gasteiger partial charge is 0.478 e. The van der Waals surface area contributed by atoms with Crippen molar-refractivity contribution in [2.45, 2.75) is 12.5 Å². The second-order valence-electron chi connectivity index (χ2n) is 3.62. The van der Waals surface area contributed by atoms with Crippen LogP contribution in [0.5, 0.6) is 0 Å². The van der Waals surface area contributed by atoms with E-state index in [-0.39, 0.29) is 5.69 Å². The Morgan fingerprint density at radius 3 is 2.78 bits per heavy atom. The lowest BCUT2D eigenvalue weighted by Gasteiger charge is -2.10. The van der Waals surface area contributed by atoms with E-state index >= 15 is 0 Å². The van der Waals surface area contributed by atoms with Gasteiger partial charge in [0.15, 0.2) is 0 Å². The maximum atomic E-state index is 13.1. The zero-order valence-corrected chi connectivity index (χ0v) is 9.52. The molecule has 1 aromatic rings. The van der Waals surface area contributed by atoms with Crippen LogP contribution >= 0.6 is 0 Å². The Kier molecular flexibility index (Phi) is 4.56. The third-order valence-corrected chi connectivity index (χ3v) is 2.22. The number of carboxylic acids is 1. The topological polar surface area (TPSA) is 92.4 Å². The minimum Gasteiger partial charge on any atom is -0.478 e. The van der Waals surface area contributed by atoms with Gasteiger partial charge in [0.2, 0.25) is 5.91 Å². The van der Waals surface area contributed by atoms with E-state index in [0.717, 1.165) is 12.1 Å². The maximum absolute atomic E-state index is 13.1. The van der Waals surface area contributed by atoms with Gasteiger partial charge in [0.25, 0.3) is 0 Å². The standard InChI is InChI=1S/C12H13FN2O3/c1-2-3-10(14)11(16)15-7-4-5-9(13)8(6-7)12(17)18/h2,4-6,10H,1,3,14H2,(H,15,16)(H,17,18). The lowest BCUT2D eigenvalue weighted by Crippen LogP contribution is -2.35. The van der Waals surface area contributed by atoms with E-state index in [1.54, 1.807) is 0 Å². The Morgan fingerprint density at radius 1 is 1.56 bits per heavy atom. The van der Waals surface area contributed by atoms with Gasteiger partial charge < -0.3 is 16.2 Å². The van der Waals surface area contributed by atoms with Crippen LogP contribution in [0.3, 0.4) is 0 Å². The molecule has 0 fully saturated rings. The van der Waals surface area contributed by atoms with Crippen molar-refractivity contribution in [3.05, 3.63) is 42.2 Å². The van der Waals surface area contributed by atoms with E-state index in [9.17, 15) is 14.0 Å². The van der Waals surface area contributed by atoms with Crippen LogP contribution in [0.4, 0.5) is 10.1 Å². The predicted octanol–water partition coefficient (Wildman–Crippen LogP) is 1.37. The number of carbonyl (C=O) groups excluding carboxylic acids is 1. The molecule has 4 N–H and O–H groups in total. The van der Waals surface area contributed by atoms with E-state index in [1.165, 1.54) is 12.1 Å². The molecule has 0 aromatic heterocycles. The summed E-state index contributed by atoms with van der Waals surface area (Å²) in [5.41, 5.74) is 5.20. The zero-order valence-electron chi connectivity index (χ0n) is 9.52. The fraction of sp³-hybridized carbons (Fsp3) is 0.167. The summed E-state index contributed by atoms with van der Waals surface area (Å²) >= 11 is 0. The number of hydrogen-bond acceptors (Lipinski definition) is 3. The Hall–Kier alpha value is -2.21. The molecule has 0 heterocycles. The molecule has 18 heavy (non-hydrogen) atoms. The number of nitrogens with two attached hydrogens (primary N) is 1. The molecule has 96 valence electrons. The highest BCUT2D eigenvalue weighted by Gasteiger charge is 2.15. The van der Waals surface area contributed by atoms with Crippen LogP contribution in [-0.2, 0) is 4.79 Å². The summed E-state index contributed by atoms with van der Waals surface area (Å²) in [5.74, 6) is -2.76. The Morgan fingerprint density at radius 2 is 2.22 bits per heavy atom. The van der Waals surface area contributed by atoms with Crippen molar-refractivity contribution in [2.75, 3.05) is 5.32 Å². The summed E-state index contributed by atoms with van der Waals surface area (Å²) < 4.78 is 13.1. The van der Waals surface area contributed by atoms with Gasteiger partial charge >= 0.3 is 5.97 Å². The van der Waals surface area contributed by atoms with Crippen LogP contribution in [0.1, 0.15) is 16.8 Å². The van der Waals surface area contributed by atoms with Crippen LogP contribution in [0.25, 0.3) is 0 Å². The SMILES string of the molecule is C=CCC(N)C(=O)Nc1ccc(F)c(C(=O)O)c1. The van der Waals surface area contributed by atoms with E-state index in [2.05, 4.69) is 11.9 Å². The van der Waals surface area contributed by atoms with Crippen molar-refractivity contribution >= 4 is 17.6 Å². The third-order valence-electron chi connectivity index (χ3n) is 2.22. The van der Waals surface area contributed by atoms with Gasteiger partial charge in [-0.1, -0.05) is 6.08 Å². The number of rotatable bonds is 5. The maximum Gasteiger partial charge on any atom is 0.338 e. The van der Waals surface area contributed by atoms with Crippen LogP contribution in [0.15, 0.2) is 30.9 Å². The summed E-state index contributed by atoms with van der Waals surface area (Å²) in [7, 11) is 0. The number of aromatic carboxylic acids is 1. The normalized spacial score (nSPS) is 11.7. The van der Waals surface area contributed by atoms with Gasteiger partial charge in [0.1, 0.15) is 5.82 Å². The first-order valence-electron chi connectivity index (χ1n) is 5.16. The molecule has 1 unspecified atom stereocenters. The number of anilines is 1. The van der Waals surface area contributed by atoms with E-state index in [4.69, 9.17) is 10.8 Å². The van der Waals surface area contributed by atoms with Crippen LogP contribution in [0, 0.1) is 5.82 Å². The molecule has 1 atom stereocenters. The van der Waals surface area contributed by atoms with Gasteiger partial charge in [-0.2, -0.15) is 0 Å². The smallest absolute Gasteiger partial charge is 0.338 e. The summed E-state index contributed by atoms with van der Waals surface area (Å²) in [6, 6.07) is 2.50. The number of halogens is 1. The molecule has 0 aliphatic carbocycles. The van der Waals surface area contributed by atoms with E-state index in [0.29, 0.717) is 6.42 Å². The molecule has 1 aromatic carbocycles. The molecule has 0 aliphatic heterocycles. The first-order chi connectivity index (χ1) is 8.45. The molecule has 0 bridgehead atoms. The highest BCUT2D eigenvalue weighted by atomic mass is 19.1. The van der Waals surface area contributed by atoms with Crippen molar-refractivity contribution < 1.29 is 19.1 Å². The number of nitrogens with one attached hydrogen (secondary N) is 1. The number of carboxylic acid groups (broad SMARTS) is 1. The summed E-state index contributed by atoms with van der Waals surface area (Å²) in [6.07, 6.45) is 1.79. The monoisotopic (exact) mass is 252 g/mol. The average Bonchev–Trinajstić information content (AvgIpc) is 2.31. The van der Waals surface area contributed by atoms with E-state index in [1.807, 2.05) is 0 Å². The first-order valence-corrected chi connectivity index (χ1v) is 5.16. The number of benzene rings is 1. The molecular weight excluding hydrogens is 239 g/mol. The van der Waals surface area contributed by atoms with Crippen LogP contribution in [-0.4, -0.2) is 23.0 Å². The second-order valence-corrected chi connectivity index (χ2v) is 3.62. The molecule has 0 radical (unpaired) electrons. The van der Waals surface area contributed by atoms with Gasteiger partial charge in [0.05, 0.1) is 11.6 Å². The van der Waals surface area contributed by atoms with Crippen molar-refractivity contribution in [1.29, 1.82) is 0 Å². The first kappa shape index (κ1) is 13.9. The second kappa shape index (κ2) is 5.92. The lowest BCUT2D eigenvalue weighted by molar-refractivity contribution is -0.117. The summed E-state index contributed by atoms with van der Waals surface area (Å²) in [4.78, 5) is 22.2. The van der Waals surface area contributed by atoms with Crippen LogP contribution < -0.4 is 11.1 Å². The molecule has 6 heteroatoms. The van der Waals surface area contributed by atoms with Crippen molar-refractivity contribution in [2.24, 2.45) is 5.73 Å². The molecule has 0 saturated carbocycles. The summed E-state index contributed by atoms with van der Waals surface area (Å²) in [5, 5.41) is 11.1. The fourth-order valence-electron chi connectivity index (χ4n) is 1.29. The van der Waals surface area contributed by atoms with Gasteiger partial charge in [-0.15, -0.1) is 6.58 Å². The Bertz CT molecular complexity index is 488. The van der Waals surface area contributed by atoms with Crippen LogP contribution in [0.2, 0.25) is 0 Å². The van der Waals surface area contributed by atoms with Crippen molar-refractivity contribution in [3.8, 4) is 0 Å². The molecule has 0 aliphatic rings. The number of amides is 1. The van der Waals surface area contributed by atoms with Crippen molar-refractivity contribution in [1.82, 2.24) is 0 Å². The van der Waals surface area contributed by atoms with Gasteiger partial charge in [0, 0.05) is 5.69 Å². The minimum absolute atomic E-state index is 0.179. The lowest BCUT2D eigenvalue weighted by atomic mass is 10.1. The quantitative estimate of drug-likeness (QED) is 0.690. The predicted molar refractivity (Wildman–Crippen MR) is 64.8 cm³/mol. The van der Waals surface area contributed by atoms with Gasteiger partial charge in [-0.05, 0) is 24.6 Å². The Labute approximate surface area is 103 Å². The van der Waals surface area contributed by atoms with E-state index < -0.39 is 29.3 Å². The minimum atomic E-state index is -1.40. The van der Waals surface area contributed by atoms with Gasteiger partial charge in [-0.25, -0.2) is 9.18 Å². The Balaban J connectivity index is 2.85. The summed E-state index contributed by atoms with van der Waals surface area (Å²) in [6.45, 7) is 3.45.